The Kier molecular flexibility index (Phi) is 5.38. The van der Waals surface area contributed by atoms with Crippen LogP contribution in [0.1, 0.15) is 12.2 Å². The number of rotatable bonds is 6. The largest absolute Gasteiger partial charge is 0.550 e. The molecule has 0 N–H and O–H groups in total. The first-order chi connectivity index (χ1) is 12.8. The summed E-state index contributed by atoms with van der Waals surface area (Å²) in [4.78, 5) is 34.8. The number of thiocarbonyl (C=S) groups is 1. The van der Waals surface area contributed by atoms with Crippen molar-refractivity contribution in [2.24, 2.45) is 0 Å². The normalized spacial score (nSPS) is 15.6. The molecule has 2 heterocycles. The van der Waals surface area contributed by atoms with Crippen LogP contribution in [0.25, 0.3) is 17.4 Å². The van der Waals surface area contributed by atoms with E-state index in [0.29, 0.717) is 22.0 Å². The highest BCUT2D eigenvalue weighted by Gasteiger charge is 2.31. The number of carbonyl (C=O) groups excluding carboxylic acids is 2. The van der Waals surface area contributed by atoms with Crippen molar-refractivity contribution in [3.63, 3.8) is 0 Å². The van der Waals surface area contributed by atoms with Gasteiger partial charge in [-0.1, -0.05) is 36.1 Å². The van der Waals surface area contributed by atoms with Gasteiger partial charge in [-0.3, -0.25) is 19.8 Å². The maximum Gasteiger partial charge on any atom is 0.270 e. The zero-order valence-electron chi connectivity index (χ0n) is 13.6. The molecule has 3 rings (SSSR count). The summed E-state index contributed by atoms with van der Waals surface area (Å²) in [6.45, 7) is -0.0541. The van der Waals surface area contributed by atoms with Crippen molar-refractivity contribution >= 4 is 51.9 Å². The second-order valence-corrected chi connectivity index (χ2v) is 7.14. The first kappa shape index (κ1) is 18.8. The maximum atomic E-state index is 12.3. The molecule has 1 aromatic carbocycles. The summed E-state index contributed by atoms with van der Waals surface area (Å²) in [6.07, 6.45) is 1.19. The lowest BCUT2D eigenvalue weighted by atomic mass is 10.1. The molecule has 0 bridgehead atoms. The third-order valence-corrected chi connectivity index (χ3v) is 5.03. The van der Waals surface area contributed by atoms with E-state index >= 15 is 0 Å². The summed E-state index contributed by atoms with van der Waals surface area (Å²) in [6, 6.07) is 9.27. The summed E-state index contributed by atoms with van der Waals surface area (Å²) in [5.74, 6) is -0.880. The Labute approximate surface area is 162 Å². The van der Waals surface area contributed by atoms with Crippen molar-refractivity contribution < 1.29 is 24.0 Å². The van der Waals surface area contributed by atoms with Gasteiger partial charge >= 0.3 is 0 Å². The van der Waals surface area contributed by atoms with E-state index < -0.39 is 16.8 Å². The fourth-order valence-corrected chi connectivity index (χ4v) is 3.67. The highest BCUT2D eigenvalue weighted by atomic mass is 32.2. The van der Waals surface area contributed by atoms with E-state index in [9.17, 15) is 24.8 Å². The molecule has 0 unspecified atom stereocenters. The van der Waals surface area contributed by atoms with Crippen LogP contribution in [0.15, 0.2) is 45.7 Å². The van der Waals surface area contributed by atoms with Crippen molar-refractivity contribution in [2.75, 3.05) is 6.54 Å². The number of nitro groups is 1. The summed E-state index contributed by atoms with van der Waals surface area (Å²) < 4.78 is 5.91. The highest BCUT2D eigenvalue weighted by molar-refractivity contribution is 8.26. The number of benzene rings is 1. The number of thioether (sulfide) groups is 1. The number of non-ortho nitro benzene ring substituents is 1. The van der Waals surface area contributed by atoms with Crippen LogP contribution in [-0.4, -0.2) is 32.6 Å². The molecule has 1 aromatic heterocycles. The Morgan fingerprint density at radius 3 is 2.81 bits per heavy atom. The molecular formula is C17H11N2O6S2-. The minimum Gasteiger partial charge on any atom is -0.550 e. The number of carboxylic acid groups (broad SMARTS) is 1. The Bertz CT molecular complexity index is 981. The lowest BCUT2D eigenvalue weighted by Crippen LogP contribution is -2.33. The zero-order chi connectivity index (χ0) is 19.6. The number of amides is 1. The number of aliphatic carboxylic acids is 1. The Balaban J connectivity index is 1.80. The molecule has 0 spiro atoms. The van der Waals surface area contributed by atoms with E-state index in [2.05, 4.69) is 0 Å². The van der Waals surface area contributed by atoms with E-state index in [1.807, 2.05) is 0 Å². The van der Waals surface area contributed by atoms with Gasteiger partial charge in [0.2, 0.25) is 0 Å². The van der Waals surface area contributed by atoms with Crippen molar-refractivity contribution in [1.82, 2.24) is 4.90 Å². The van der Waals surface area contributed by atoms with E-state index in [0.717, 1.165) is 11.8 Å². The molecule has 1 aliphatic heterocycles. The molecule has 138 valence electrons. The molecule has 0 aliphatic carbocycles. The number of nitrogens with zero attached hydrogens (tertiary/aromatic N) is 2. The average Bonchev–Trinajstić information content (AvgIpc) is 3.19. The van der Waals surface area contributed by atoms with Gasteiger partial charge in [-0.15, -0.1) is 0 Å². The van der Waals surface area contributed by atoms with Crippen molar-refractivity contribution in [2.45, 2.75) is 6.42 Å². The highest BCUT2D eigenvalue weighted by Crippen LogP contribution is 2.34. The summed E-state index contributed by atoms with van der Waals surface area (Å²) in [5, 5.41) is 21.5. The van der Waals surface area contributed by atoms with Crippen molar-refractivity contribution in [3.8, 4) is 11.3 Å². The third-order valence-electron chi connectivity index (χ3n) is 3.65. The van der Waals surface area contributed by atoms with Crippen molar-refractivity contribution in [1.29, 1.82) is 0 Å². The van der Waals surface area contributed by atoms with Crippen LogP contribution < -0.4 is 5.11 Å². The molecule has 1 aliphatic rings. The van der Waals surface area contributed by atoms with Gasteiger partial charge in [-0.2, -0.15) is 0 Å². The standard InChI is InChI=1S/C17H12N2O6S2/c20-15(21)6-7-18-16(22)14(27-17(18)26)9-12-4-5-13(25-12)10-2-1-3-11(8-10)19(23)24/h1-5,8-9H,6-7H2,(H,20,21)/p-1/b14-9-. The van der Waals surface area contributed by atoms with Crippen LogP contribution in [0.5, 0.6) is 0 Å². The smallest absolute Gasteiger partial charge is 0.270 e. The maximum absolute atomic E-state index is 12.3. The van der Waals surface area contributed by atoms with Gasteiger partial charge in [0.05, 0.1) is 9.83 Å². The minimum atomic E-state index is -1.26. The molecule has 8 nitrogen and oxygen atoms in total. The number of furan rings is 1. The van der Waals surface area contributed by atoms with Gasteiger partial charge in [0.25, 0.3) is 11.6 Å². The van der Waals surface area contributed by atoms with Crippen LogP contribution in [0.4, 0.5) is 5.69 Å². The van der Waals surface area contributed by atoms with Crippen LogP contribution in [0.3, 0.4) is 0 Å². The minimum absolute atomic E-state index is 0.0541. The van der Waals surface area contributed by atoms with Crippen LogP contribution in [0, 0.1) is 10.1 Å². The number of hydrogen-bond donors (Lipinski definition) is 0. The molecule has 0 saturated carbocycles. The Hall–Kier alpha value is -2.98. The van der Waals surface area contributed by atoms with Crippen LogP contribution in [0.2, 0.25) is 0 Å². The quantitative estimate of drug-likeness (QED) is 0.312. The molecule has 27 heavy (non-hydrogen) atoms. The number of hydrogen-bond acceptors (Lipinski definition) is 8. The van der Waals surface area contributed by atoms with Gasteiger partial charge < -0.3 is 14.3 Å². The molecule has 0 atom stereocenters. The molecular weight excluding hydrogens is 392 g/mol. The van der Waals surface area contributed by atoms with Gasteiger partial charge in [0.1, 0.15) is 15.8 Å². The second kappa shape index (κ2) is 7.72. The Morgan fingerprint density at radius 1 is 1.33 bits per heavy atom. The summed E-state index contributed by atoms with van der Waals surface area (Å²) in [7, 11) is 0. The van der Waals surface area contributed by atoms with Gasteiger partial charge in [0.15, 0.2) is 0 Å². The predicted molar refractivity (Wildman–Crippen MR) is 100 cm³/mol. The van der Waals surface area contributed by atoms with Gasteiger partial charge in [-0.05, 0) is 12.1 Å². The fraction of sp³-hybridized carbons (Fsp3) is 0.118. The summed E-state index contributed by atoms with van der Waals surface area (Å²) >= 11 is 6.15. The zero-order valence-corrected chi connectivity index (χ0v) is 15.2. The first-order valence-electron chi connectivity index (χ1n) is 7.65. The molecule has 1 amide bonds. The average molecular weight is 403 g/mol. The van der Waals surface area contributed by atoms with E-state index in [1.54, 1.807) is 24.3 Å². The monoisotopic (exact) mass is 403 g/mol. The van der Waals surface area contributed by atoms with E-state index in [4.69, 9.17) is 16.6 Å². The molecule has 10 heteroatoms. The Morgan fingerprint density at radius 2 is 2.11 bits per heavy atom. The van der Waals surface area contributed by atoms with Crippen LogP contribution >= 0.6 is 24.0 Å². The molecule has 1 fully saturated rings. The number of nitro benzene ring substituents is 1. The van der Waals surface area contributed by atoms with Gasteiger partial charge in [-0.25, -0.2) is 0 Å². The number of carboxylic acids is 1. The van der Waals surface area contributed by atoms with Gasteiger partial charge in [0, 0.05) is 42.7 Å². The van der Waals surface area contributed by atoms with Crippen molar-refractivity contribution in [3.05, 3.63) is 57.2 Å². The fourth-order valence-electron chi connectivity index (χ4n) is 2.38. The van der Waals surface area contributed by atoms with Crippen LogP contribution in [-0.2, 0) is 9.59 Å². The lowest BCUT2D eigenvalue weighted by molar-refractivity contribution is -0.384. The van der Waals surface area contributed by atoms with E-state index in [1.165, 1.54) is 23.1 Å². The lowest BCUT2D eigenvalue weighted by Gasteiger charge is -2.14. The summed E-state index contributed by atoms with van der Waals surface area (Å²) in [5.41, 5.74) is 0.476. The molecule has 2 aromatic rings. The second-order valence-electron chi connectivity index (χ2n) is 5.46. The first-order valence-corrected chi connectivity index (χ1v) is 8.87. The third kappa shape index (κ3) is 4.23. The SMILES string of the molecule is O=C([O-])CCN1C(=O)/C(=C/c2ccc(-c3cccc([N+](=O)[O-])c3)o2)SC1=S. The molecule has 0 radical (unpaired) electrons. The topological polar surface area (TPSA) is 117 Å². The van der Waals surface area contributed by atoms with E-state index in [-0.39, 0.29) is 23.0 Å². The molecule has 1 saturated heterocycles. The number of carbonyl (C=O) groups is 2. The predicted octanol–water partition coefficient (Wildman–Crippen LogP) is 2.20.